The Bertz CT molecular complexity index is 939. The first-order valence-electron chi connectivity index (χ1n) is 8.12. The third-order valence-electron chi connectivity index (χ3n) is 3.84. The lowest BCUT2D eigenvalue weighted by molar-refractivity contribution is -0.117. The molecule has 0 saturated carbocycles. The SMILES string of the molecule is CC(=O)N1CC(C)Oc2ccc(S(=O)(=O)Nc3nnc(C(C)C)s3)cc21. The highest BCUT2D eigenvalue weighted by molar-refractivity contribution is 7.93. The molecule has 140 valence electrons. The zero-order chi connectivity index (χ0) is 19.1. The summed E-state index contributed by atoms with van der Waals surface area (Å²) in [6.07, 6.45) is -0.164. The van der Waals surface area contributed by atoms with Crippen LogP contribution in [0.5, 0.6) is 5.75 Å². The number of aromatic nitrogens is 2. The molecule has 0 aliphatic carbocycles. The van der Waals surface area contributed by atoms with Crippen molar-refractivity contribution in [3.63, 3.8) is 0 Å². The lowest BCUT2D eigenvalue weighted by Crippen LogP contribution is -2.41. The third-order valence-corrected chi connectivity index (χ3v) is 6.44. The molecule has 0 saturated heterocycles. The fourth-order valence-corrected chi connectivity index (χ4v) is 4.56. The van der Waals surface area contributed by atoms with E-state index in [0.717, 1.165) is 5.01 Å². The Morgan fingerprint density at radius 3 is 2.73 bits per heavy atom. The summed E-state index contributed by atoms with van der Waals surface area (Å²) >= 11 is 1.20. The van der Waals surface area contributed by atoms with E-state index in [-0.39, 0.29) is 28.0 Å². The summed E-state index contributed by atoms with van der Waals surface area (Å²) in [5, 5.41) is 8.81. The zero-order valence-corrected chi connectivity index (χ0v) is 16.5. The average molecular weight is 396 g/mol. The smallest absolute Gasteiger partial charge is 0.263 e. The molecule has 1 aliphatic rings. The number of hydrogen-bond acceptors (Lipinski definition) is 7. The van der Waals surface area contributed by atoms with Crippen LogP contribution in [0.2, 0.25) is 0 Å². The quantitative estimate of drug-likeness (QED) is 0.852. The van der Waals surface area contributed by atoms with E-state index in [1.165, 1.54) is 35.3 Å². The highest BCUT2D eigenvalue weighted by atomic mass is 32.2. The Labute approximate surface area is 156 Å². The Kier molecular flexibility index (Phi) is 4.89. The Morgan fingerprint density at radius 2 is 2.12 bits per heavy atom. The highest BCUT2D eigenvalue weighted by Crippen LogP contribution is 2.36. The van der Waals surface area contributed by atoms with Gasteiger partial charge in [0.2, 0.25) is 11.0 Å². The van der Waals surface area contributed by atoms with Gasteiger partial charge in [0.1, 0.15) is 16.9 Å². The molecule has 1 N–H and O–H groups in total. The van der Waals surface area contributed by atoms with E-state index in [9.17, 15) is 13.2 Å². The van der Waals surface area contributed by atoms with Crippen molar-refractivity contribution in [2.24, 2.45) is 0 Å². The topological polar surface area (TPSA) is 101 Å². The number of carbonyl (C=O) groups excluding carboxylic acids is 1. The first kappa shape index (κ1) is 18.6. The number of sulfonamides is 1. The number of nitrogens with one attached hydrogen (secondary N) is 1. The molecule has 8 nitrogen and oxygen atoms in total. The van der Waals surface area contributed by atoms with E-state index < -0.39 is 10.0 Å². The number of anilines is 2. The Balaban J connectivity index is 1.93. The van der Waals surface area contributed by atoms with Gasteiger partial charge >= 0.3 is 0 Å². The molecule has 0 fully saturated rings. The summed E-state index contributed by atoms with van der Waals surface area (Å²) in [5.74, 6) is 0.475. The predicted octanol–water partition coefficient (Wildman–Crippen LogP) is 2.60. The van der Waals surface area contributed by atoms with Crippen LogP contribution in [0.15, 0.2) is 23.1 Å². The molecule has 0 bridgehead atoms. The summed E-state index contributed by atoms with van der Waals surface area (Å²) in [4.78, 5) is 13.5. The monoisotopic (exact) mass is 396 g/mol. The normalized spacial score (nSPS) is 17.0. The van der Waals surface area contributed by atoms with Gasteiger partial charge in [-0.1, -0.05) is 25.2 Å². The van der Waals surface area contributed by atoms with Crippen molar-refractivity contribution in [3.8, 4) is 5.75 Å². The van der Waals surface area contributed by atoms with Gasteiger partial charge in [-0.15, -0.1) is 10.2 Å². The van der Waals surface area contributed by atoms with Gasteiger partial charge in [-0.05, 0) is 25.1 Å². The van der Waals surface area contributed by atoms with Gasteiger partial charge in [0.05, 0.1) is 17.1 Å². The molecule has 1 unspecified atom stereocenters. The third kappa shape index (κ3) is 3.65. The fraction of sp³-hybridized carbons (Fsp3) is 0.438. The van der Waals surface area contributed by atoms with Crippen molar-refractivity contribution >= 4 is 38.1 Å². The van der Waals surface area contributed by atoms with E-state index >= 15 is 0 Å². The van der Waals surface area contributed by atoms with Crippen molar-refractivity contribution in [2.75, 3.05) is 16.2 Å². The number of benzene rings is 1. The van der Waals surface area contributed by atoms with Crippen LogP contribution in [0.3, 0.4) is 0 Å². The van der Waals surface area contributed by atoms with Crippen LogP contribution < -0.4 is 14.4 Å². The average Bonchev–Trinajstić information content (AvgIpc) is 3.01. The molecule has 0 radical (unpaired) electrons. The number of carbonyl (C=O) groups is 1. The molecule has 0 spiro atoms. The summed E-state index contributed by atoms with van der Waals surface area (Å²) in [6, 6.07) is 4.45. The predicted molar refractivity (Wildman–Crippen MR) is 99.4 cm³/mol. The van der Waals surface area contributed by atoms with Crippen molar-refractivity contribution in [2.45, 2.75) is 44.6 Å². The van der Waals surface area contributed by atoms with Gasteiger partial charge in [0.15, 0.2) is 0 Å². The molecule has 1 atom stereocenters. The molecule has 3 rings (SSSR count). The molecule has 1 aromatic heterocycles. The maximum absolute atomic E-state index is 12.7. The van der Waals surface area contributed by atoms with E-state index in [0.29, 0.717) is 18.0 Å². The van der Waals surface area contributed by atoms with Crippen molar-refractivity contribution in [1.29, 1.82) is 0 Å². The van der Waals surface area contributed by atoms with Gasteiger partial charge in [0.25, 0.3) is 10.0 Å². The second-order valence-electron chi connectivity index (χ2n) is 6.39. The molecule has 26 heavy (non-hydrogen) atoms. The lowest BCUT2D eigenvalue weighted by atomic mass is 10.2. The van der Waals surface area contributed by atoms with E-state index in [4.69, 9.17) is 4.74 Å². The molecule has 1 aromatic carbocycles. The van der Waals surface area contributed by atoms with E-state index in [2.05, 4.69) is 14.9 Å². The molecule has 2 heterocycles. The summed E-state index contributed by atoms with van der Waals surface area (Å²) in [5.41, 5.74) is 0.443. The minimum Gasteiger partial charge on any atom is -0.487 e. The van der Waals surface area contributed by atoms with Crippen molar-refractivity contribution in [3.05, 3.63) is 23.2 Å². The van der Waals surface area contributed by atoms with Crippen molar-refractivity contribution in [1.82, 2.24) is 10.2 Å². The van der Waals surface area contributed by atoms with Gasteiger partial charge in [-0.3, -0.25) is 9.52 Å². The largest absolute Gasteiger partial charge is 0.487 e. The number of fused-ring (bicyclic) bond motifs is 1. The summed E-state index contributed by atoms with van der Waals surface area (Å²) < 4.78 is 33.5. The van der Waals surface area contributed by atoms with Crippen LogP contribution in [0.1, 0.15) is 38.6 Å². The van der Waals surface area contributed by atoms with Gasteiger partial charge in [-0.2, -0.15) is 0 Å². The maximum Gasteiger partial charge on any atom is 0.263 e. The first-order chi connectivity index (χ1) is 12.2. The second kappa shape index (κ2) is 6.84. The minimum absolute atomic E-state index is 0.0296. The van der Waals surface area contributed by atoms with Crippen LogP contribution in [0.25, 0.3) is 0 Å². The van der Waals surface area contributed by atoms with Gasteiger partial charge in [-0.25, -0.2) is 8.42 Å². The molecule has 1 amide bonds. The molecule has 2 aromatic rings. The Hall–Kier alpha value is -2.20. The van der Waals surface area contributed by atoms with Crippen LogP contribution >= 0.6 is 11.3 Å². The molecule has 10 heteroatoms. The first-order valence-corrected chi connectivity index (χ1v) is 10.4. The van der Waals surface area contributed by atoms with Gasteiger partial charge in [0, 0.05) is 12.8 Å². The molecular weight excluding hydrogens is 376 g/mol. The summed E-state index contributed by atoms with van der Waals surface area (Å²) in [7, 11) is -3.86. The second-order valence-corrected chi connectivity index (χ2v) is 9.08. The number of nitrogens with zero attached hydrogens (tertiary/aromatic N) is 3. The Morgan fingerprint density at radius 1 is 1.38 bits per heavy atom. The molecule has 1 aliphatic heterocycles. The van der Waals surface area contributed by atoms with E-state index in [1.54, 1.807) is 6.07 Å². The fourth-order valence-electron chi connectivity index (χ4n) is 2.57. The number of ether oxygens (including phenoxy) is 1. The van der Waals surface area contributed by atoms with Crippen molar-refractivity contribution < 1.29 is 17.9 Å². The number of amides is 1. The number of rotatable bonds is 4. The minimum atomic E-state index is -3.86. The van der Waals surface area contributed by atoms with Gasteiger partial charge < -0.3 is 9.64 Å². The van der Waals surface area contributed by atoms with E-state index in [1.807, 2.05) is 20.8 Å². The molecular formula is C16H20N4O4S2. The van der Waals surface area contributed by atoms with Crippen LogP contribution in [0.4, 0.5) is 10.8 Å². The van der Waals surface area contributed by atoms with Crippen LogP contribution in [-0.2, 0) is 14.8 Å². The lowest BCUT2D eigenvalue weighted by Gasteiger charge is -2.33. The standard InChI is InChI=1S/C16H20N4O4S2/c1-9(2)15-17-18-16(25-15)19-26(22,23)12-5-6-14-13(7-12)20(11(4)21)8-10(3)24-14/h5-7,9-10H,8H2,1-4H3,(H,18,19). The van der Waals surface area contributed by atoms with Crippen LogP contribution in [-0.4, -0.2) is 37.2 Å². The zero-order valence-electron chi connectivity index (χ0n) is 14.9. The highest BCUT2D eigenvalue weighted by Gasteiger charge is 2.28. The van der Waals surface area contributed by atoms with Crippen LogP contribution in [0, 0.1) is 0 Å². The number of hydrogen-bond donors (Lipinski definition) is 1. The summed E-state index contributed by atoms with van der Waals surface area (Å²) in [6.45, 7) is 7.58. The maximum atomic E-state index is 12.7.